The van der Waals surface area contributed by atoms with Crippen molar-refractivity contribution >= 4 is 27.5 Å². The Hall–Kier alpha value is -4.30. The normalized spacial score (nSPS) is 11.1. The fraction of sp³-hybridized carbons (Fsp3) is 0.138. The minimum Gasteiger partial charge on any atom is -0.355 e. The molecule has 0 aliphatic carbocycles. The summed E-state index contributed by atoms with van der Waals surface area (Å²) in [6.45, 7) is 0.541. The van der Waals surface area contributed by atoms with Gasteiger partial charge < -0.3 is 5.32 Å². The van der Waals surface area contributed by atoms with Crippen LogP contribution in [-0.2, 0) is 24.2 Å². The van der Waals surface area contributed by atoms with Crippen LogP contribution >= 0.6 is 11.3 Å². The van der Waals surface area contributed by atoms with Crippen LogP contribution in [0, 0.1) is 5.82 Å². The first kappa shape index (κ1) is 24.4. The first-order valence-electron chi connectivity index (χ1n) is 11.9. The summed E-state index contributed by atoms with van der Waals surface area (Å²) in [4.78, 5) is 39.0. The summed E-state index contributed by atoms with van der Waals surface area (Å²) < 4.78 is 17.3. The Bertz CT molecular complexity index is 1670. The van der Waals surface area contributed by atoms with Gasteiger partial charge in [0.25, 0.3) is 5.56 Å². The van der Waals surface area contributed by atoms with E-state index < -0.39 is 17.1 Å². The van der Waals surface area contributed by atoms with Crippen molar-refractivity contribution in [3.05, 3.63) is 134 Å². The standard InChI is InChI=1S/C29H24FN3O3S/c30-24-9-5-4-8-22(24)19-32-25-15-17-37-27(25)28(35)33(29(32)36)23-12-10-21(11-13-23)18-26(34)31-16-14-20-6-2-1-3-7-20/h1-13,15,17H,14,16,18-19H2,(H,31,34). The molecule has 8 heteroatoms. The van der Waals surface area contributed by atoms with Gasteiger partial charge in [-0.05, 0) is 47.2 Å². The average Bonchev–Trinajstić information content (AvgIpc) is 3.40. The first-order valence-corrected chi connectivity index (χ1v) is 12.8. The number of rotatable bonds is 8. The van der Waals surface area contributed by atoms with Gasteiger partial charge in [-0.25, -0.2) is 13.8 Å². The highest BCUT2D eigenvalue weighted by Crippen LogP contribution is 2.19. The topological polar surface area (TPSA) is 73.1 Å². The molecule has 3 aromatic carbocycles. The van der Waals surface area contributed by atoms with Crippen LogP contribution in [0.2, 0.25) is 0 Å². The number of aromatic nitrogens is 2. The van der Waals surface area contributed by atoms with Crippen molar-refractivity contribution in [2.45, 2.75) is 19.4 Å². The Balaban J connectivity index is 1.37. The molecular weight excluding hydrogens is 489 g/mol. The maximum absolute atomic E-state index is 14.3. The molecule has 5 aromatic rings. The average molecular weight is 514 g/mol. The van der Waals surface area contributed by atoms with Gasteiger partial charge in [0.15, 0.2) is 0 Å². The predicted molar refractivity (Wildman–Crippen MR) is 144 cm³/mol. The molecule has 0 saturated heterocycles. The zero-order chi connectivity index (χ0) is 25.8. The van der Waals surface area contributed by atoms with Crippen LogP contribution in [0.4, 0.5) is 4.39 Å². The molecule has 1 amide bonds. The molecule has 0 aliphatic heterocycles. The van der Waals surface area contributed by atoms with Gasteiger partial charge in [-0.3, -0.25) is 14.2 Å². The Kier molecular flexibility index (Phi) is 7.09. The van der Waals surface area contributed by atoms with E-state index in [4.69, 9.17) is 0 Å². The smallest absolute Gasteiger partial charge is 0.336 e. The zero-order valence-corrected chi connectivity index (χ0v) is 20.7. The Labute approximate surface area is 216 Å². The minimum atomic E-state index is -0.550. The van der Waals surface area contributed by atoms with Crippen molar-refractivity contribution in [2.24, 2.45) is 0 Å². The van der Waals surface area contributed by atoms with E-state index in [9.17, 15) is 18.8 Å². The number of benzene rings is 3. The number of thiophene rings is 1. The quantitative estimate of drug-likeness (QED) is 0.336. The molecule has 6 nitrogen and oxygen atoms in total. The van der Waals surface area contributed by atoms with E-state index >= 15 is 0 Å². The number of hydrogen-bond donors (Lipinski definition) is 1. The molecule has 37 heavy (non-hydrogen) atoms. The Morgan fingerprint density at radius 3 is 2.35 bits per heavy atom. The van der Waals surface area contributed by atoms with Crippen LogP contribution in [0.5, 0.6) is 0 Å². The summed E-state index contributed by atoms with van der Waals surface area (Å²) in [5.74, 6) is -0.518. The van der Waals surface area contributed by atoms with E-state index in [0.29, 0.717) is 28.0 Å². The molecule has 0 unspecified atom stereocenters. The lowest BCUT2D eigenvalue weighted by Crippen LogP contribution is -2.38. The number of nitrogens with one attached hydrogen (secondary N) is 1. The van der Waals surface area contributed by atoms with Crippen molar-refractivity contribution in [1.82, 2.24) is 14.5 Å². The fourth-order valence-electron chi connectivity index (χ4n) is 4.27. The summed E-state index contributed by atoms with van der Waals surface area (Å²) in [6, 6.07) is 24.7. The maximum atomic E-state index is 14.3. The summed E-state index contributed by atoms with van der Waals surface area (Å²) in [5.41, 5.74) is 2.16. The number of carbonyl (C=O) groups excluding carboxylic acids is 1. The molecule has 5 rings (SSSR count). The molecule has 2 heterocycles. The van der Waals surface area contributed by atoms with Gasteiger partial charge in [-0.2, -0.15) is 0 Å². The van der Waals surface area contributed by atoms with Gasteiger partial charge in [0.1, 0.15) is 10.5 Å². The lowest BCUT2D eigenvalue weighted by molar-refractivity contribution is -0.120. The number of nitrogens with zero attached hydrogens (tertiary/aromatic N) is 2. The van der Waals surface area contributed by atoms with Gasteiger partial charge in [-0.1, -0.05) is 60.7 Å². The Morgan fingerprint density at radius 1 is 0.865 bits per heavy atom. The fourth-order valence-corrected chi connectivity index (χ4v) is 5.09. The van der Waals surface area contributed by atoms with Gasteiger partial charge in [0.2, 0.25) is 5.91 Å². The molecule has 0 bridgehead atoms. The lowest BCUT2D eigenvalue weighted by atomic mass is 10.1. The van der Waals surface area contributed by atoms with Crippen LogP contribution in [-0.4, -0.2) is 21.6 Å². The molecule has 0 saturated carbocycles. The van der Waals surface area contributed by atoms with E-state index in [0.717, 1.165) is 22.1 Å². The van der Waals surface area contributed by atoms with Gasteiger partial charge >= 0.3 is 5.69 Å². The number of amides is 1. The van der Waals surface area contributed by atoms with Crippen molar-refractivity contribution in [2.75, 3.05) is 6.54 Å². The molecule has 2 aromatic heterocycles. The Morgan fingerprint density at radius 2 is 1.59 bits per heavy atom. The summed E-state index contributed by atoms with van der Waals surface area (Å²) in [5, 5.41) is 4.66. The molecule has 0 aliphatic rings. The maximum Gasteiger partial charge on any atom is 0.336 e. The van der Waals surface area contributed by atoms with Crippen LogP contribution in [0.3, 0.4) is 0 Å². The second-order valence-corrected chi connectivity index (χ2v) is 9.58. The van der Waals surface area contributed by atoms with Crippen LogP contribution in [0.15, 0.2) is 99.9 Å². The molecule has 0 spiro atoms. The molecule has 186 valence electrons. The third-order valence-electron chi connectivity index (χ3n) is 6.18. The van der Waals surface area contributed by atoms with E-state index in [1.54, 1.807) is 53.9 Å². The second-order valence-electron chi connectivity index (χ2n) is 8.66. The lowest BCUT2D eigenvalue weighted by Gasteiger charge is -2.13. The summed E-state index contributed by atoms with van der Waals surface area (Å²) in [7, 11) is 0. The monoisotopic (exact) mass is 513 g/mol. The van der Waals surface area contributed by atoms with Gasteiger partial charge in [-0.15, -0.1) is 11.3 Å². The molecule has 0 fully saturated rings. The molecular formula is C29H24FN3O3S. The van der Waals surface area contributed by atoms with E-state index in [1.807, 2.05) is 30.3 Å². The van der Waals surface area contributed by atoms with Crippen molar-refractivity contribution in [3.8, 4) is 5.69 Å². The highest BCUT2D eigenvalue weighted by atomic mass is 32.1. The number of halogens is 1. The zero-order valence-electron chi connectivity index (χ0n) is 19.9. The largest absolute Gasteiger partial charge is 0.355 e. The second kappa shape index (κ2) is 10.8. The van der Waals surface area contributed by atoms with Crippen LogP contribution in [0.25, 0.3) is 15.9 Å². The third-order valence-corrected chi connectivity index (χ3v) is 7.07. The SMILES string of the molecule is O=C(Cc1ccc(-n2c(=O)c3sccc3n(Cc3ccccc3F)c2=O)cc1)NCCc1ccccc1. The summed E-state index contributed by atoms with van der Waals surface area (Å²) in [6.07, 6.45) is 0.935. The van der Waals surface area contributed by atoms with Crippen LogP contribution in [0.1, 0.15) is 16.7 Å². The van der Waals surface area contributed by atoms with Crippen LogP contribution < -0.4 is 16.6 Å². The minimum absolute atomic E-state index is 0.000254. The third kappa shape index (κ3) is 5.29. The van der Waals surface area contributed by atoms with E-state index in [2.05, 4.69) is 5.32 Å². The first-order chi connectivity index (χ1) is 18.0. The van der Waals surface area contributed by atoms with Crippen molar-refractivity contribution in [1.29, 1.82) is 0 Å². The van der Waals surface area contributed by atoms with Crippen molar-refractivity contribution in [3.63, 3.8) is 0 Å². The van der Waals surface area contributed by atoms with Gasteiger partial charge in [0.05, 0.1) is 24.2 Å². The molecule has 1 N–H and O–H groups in total. The van der Waals surface area contributed by atoms with E-state index in [1.165, 1.54) is 22.0 Å². The van der Waals surface area contributed by atoms with Crippen molar-refractivity contribution < 1.29 is 9.18 Å². The highest BCUT2D eigenvalue weighted by Gasteiger charge is 2.17. The number of fused-ring (bicyclic) bond motifs is 1. The molecule has 0 atom stereocenters. The number of hydrogen-bond acceptors (Lipinski definition) is 4. The summed E-state index contributed by atoms with van der Waals surface area (Å²) >= 11 is 1.24. The number of carbonyl (C=O) groups is 1. The van der Waals surface area contributed by atoms with E-state index in [-0.39, 0.29) is 18.9 Å². The highest BCUT2D eigenvalue weighted by molar-refractivity contribution is 7.17. The predicted octanol–water partition coefficient (Wildman–Crippen LogP) is 4.30. The van der Waals surface area contributed by atoms with Gasteiger partial charge in [0, 0.05) is 12.1 Å². The molecule has 0 radical (unpaired) electrons.